The molecule has 1 heterocycles. The Hall–Kier alpha value is -1.70. The maximum Gasteiger partial charge on any atom is 0.184 e. The van der Waals surface area contributed by atoms with Gasteiger partial charge in [-0.05, 0) is 48.1 Å². The van der Waals surface area contributed by atoms with Crippen LogP contribution in [0.4, 0.5) is 0 Å². The van der Waals surface area contributed by atoms with E-state index in [1.54, 1.807) is 12.4 Å². The van der Waals surface area contributed by atoms with Crippen LogP contribution in [-0.4, -0.2) is 10.8 Å². The molecule has 0 saturated heterocycles. The van der Waals surface area contributed by atoms with E-state index in [4.69, 9.17) is 0 Å². The summed E-state index contributed by atoms with van der Waals surface area (Å²) in [5.74, 6) is 0.657. The summed E-state index contributed by atoms with van der Waals surface area (Å²) in [6.07, 6.45) is 9.29. The molecule has 1 aromatic rings. The van der Waals surface area contributed by atoms with Crippen LogP contribution in [0.5, 0.6) is 0 Å². The van der Waals surface area contributed by atoms with E-state index in [1.165, 1.54) is 0 Å². The molecule has 2 nitrogen and oxygen atoms in total. The largest absolute Gasteiger partial charge is 0.289 e. The number of pyridine rings is 1. The number of nitrogens with zero attached hydrogens (tertiary/aromatic N) is 1. The average Bonchev–Trinajstić information content (AvgIpc) is 2.62. The third kappa shape index (κ3) is 2.90. The fraction of sp³-hybridized carbons (Fsp3) is 0.333. The van der Waals surface area contributed by atoms with Gasteiger partial charge in [0.1, 0.15) is 0 Å². The Balaban J connectivity index is 2.21. The molecule has 0 amide bonds. The molecular formula is C15H17NO. The van der Waals surface area contributed by atoms with E-state index >= 15 is 0 Å². The van der Waals surface area contributed by atoms with E-state index in [2.05, 4.69) is 24.9 Å². The zero-order valence-corrected chi connectivity index (χ0v) is 10.3. The van der Waals surface area contributed by atoms with Gasteiger partial charge >= 0.3 is 0 Å². The Labute approximate surface area is 102 Å². The summed E-state index contributed by atoms with van der Waals surface area (Å²) in [7, 11) is 0. The summed E-state index contributed by atoms with van der Waals surface area (Å²) in [6.45, 7) is 4.20. The van der Waals surface area contributed by atoms with Gasteiger partial charge in [0.2, 0.25) is 0 Å². The summed E-state index contributed by atoms with van der Waals surface area (Å²) in [4.78, 5) is 16.1. The molecule has 0 spiro atoms. The molecule has 0 N–H and O–H groups in total. The van der Waals surface area contributed by atoms with E-state index in [0.29, 0.717) is 5.92 Å². The third-order valence-corrected chi connectivity index (χ3v) is 2.83. The highest BCUT2D eigenvalue weighted by atomic mass is 16.1. The van der Waals surface area contributed by atoms with Crippen molar-refractivity contribution in [2.24, 2.45) is 5.92 Å². The second-order valence-corrected chi connectivity index (χ2v) is 4.72. The highest BCUT2D eigenvalue weighted by molar-refractivity contribution is 6.13. The van der Waals surface area contributed by atoms with Gasteiger partial charge in [0.05, 0.1) is 0 Å². The maximum atomic E-state index is 12.1. The lowest BCUT2D eigenvalue weighted by atomic mass is 10.1. The van der Waals surface area contributed by atoms with Crippen LogP contribution in [0.1, 0.15) is 32.3 Å². The van der Waals surface area contributed by atoms with Crippen LogP contribution in [0.25, 0.3) is 6.08 Å². The molecule has 0 bridgehead atoms. The van der Waals surface area contributed by atoms with Gasteiger partial charge in [0, 0.05) is 18.0 Å². The van der Waals surface area contributed by atoms with E-state index < -0.39 is 0 Å². The first-order valence-electron chi connectivity index (χ1n) is 6.03. The molecule has 0 unspecified atom stereocenters. The quantitative estimate of drug-likeness (QED) is 0.725. The fourth-order valence-corrected chi connectivity index (χ4v) is 2.06. The summed E-state index contributed by atoms with van der Waals surface area (Å²) in [5, 5.41) is 0. The van der Waals surface area contributed by atoms with E-state index in [1.807, 2.05) is 18.2 Å². The lowest BCUT2D eigenvalue weighted by Crippen LogP contribution is -1.97. The molecule has 2 heteroatoms. The highest BCUT2D eigenvalue weighted by Gasteiger charge is 2.22. The zero-order chi connectivity index (χ0) is 12.3. The number of allylic oxidation sites excluding steroid dienone is 3. The van der Waals surface area contributed by atoms with E-state index in [9.17, 15) is 4.79 Å². The Bertz CT molecular complexity index is 469. The summed E-state index contributed by atoms with van der Waals surface area (Å²) in [5.41, 5.74) is 2.94. The first-order valence-corrected chi connectivity index (χ1v) is 6.03. The van der Waals surface area contributed by atoms with Crippen LogP contribution in [0.15, 0.2) is 41.7 Å². The Morgan fingerprint density at radius 2 is 1.82 bits per heavy atom. The van der Waals surface area contributed by atoms with Crippen LogP contribution in [0.3, 0.4) is 0 Å². The van der Waals surface area contributed by atoms with E-state index in [-0.39, 0.29) is 5.78 Å². The van der Waals surface area contributed by atoms with Crippen LogP contribution in [-0.2, 0) is 4.79 Å². The fourth-order valence-electron chi connectivity index (χ4n) is 2.06. The minimum atomic E-state index is 0.218. The van der Waals surface area contributed by atoms with Crippen molar-refractivity contribution < 1.29 is 4.79 Å². The molecule has 1 fully saturated rings. The number of aromatic nitrogens is 1. The van der Waals surface area contributed by atoms with Crippen LogP contribution in [0, 0.1) is 5.92 Å². The SMILES string of the molecule is CC(C)C=C1CCC(=Cc2ccncc2)C1=O. The first kappa shape index (κ1) is 11.8. The maximum absolute atomic E-state index is 12.1. The molecule has 1 saturated carbocycles. The van der Waals surface area contributed by atoms with Gasteiger partial charge < -0.3 is 0 Å². The van der Waals surface area contributed by atoms with Crippen molar-refractivity contribution in [3.05, 3.63) is 47.3 Å². The lowest BCUT2D eigenvalue weighted by Gasteiger charge is -1.98. The zero-order valence-electron chi connectivity index (χ0n) is 10.3. The molecule has 0 radical (unpaired) electrons. The molecule has 1 aromatic heterocycles. The molecule has 17 heavy (non-hydrogen) atoms. The number of Topliss-reactive ketones (excluding diaryl/α,β-unsaturated/α-hetero) is 1. The highest BCUT2D eigenvalue weighted by Crippen LogP contribution is 2.28. The summed E-state index contributed by atoms with van der Waals surface area (Å²) < 4.78 is 0. The second-order valence-electron chi connectivity index (χ2n) is 4.72. The number of carbonyl (C=O) groups excluding carboxylic acids is 1. The van der Waals surface area contributed by atoms with Crippen LogP contribution >= 0.6 is 0 Å². The molecule has 1 aliphatic carbocycles. The van der Waals surface area contributed by atoms with E-state index in [0.717, 1.165) is 29.6 Å². The van der Waals surface area contributed by atoms with Crippen molar-refractivity contribution in [3.8, 4) is 0 Å². The van der Waals surface area contributed by atoms with Crippen molar-refractivity contribution in [1.29, 1.82) is 0 Å². The normalized spacial score (nSPS) is 20.8. The number of rotatable bonds is 2. The number of ketones is 1. The van der Waals surface area contributed by atoms with Gasteiger partial charge in [0.25, 0.3) is 0 Å². The average molecular weight is 227 g/mol. The number of hydrogen-bond acceptors (Lipinski definition) is 2. The van der Waals surface area contributed by atoms with Crippen molar-refractivity contribution in [2.45, 2.75) is 26.7 Å². The monoisotopic (exact) mass is 227 g/mol. The molecule has 0 atom stereocenters. The molecular weight excluding hydrogens is 210 g/mol. The second kappa shape index (κ2) is 5.09. The minimum absolute atomic E-state index is 0.218. The van der Waals surface area contributed by atoms with Gasteiger partial charge in [-0.3, -0.25) is 9.78 Å². The molecule has 0 aliphatic heterocycles. The van der Waals surface area contributed by atoms with Gasteiger partial charge in [-0.2, -0.15) is 0 Å². The minimum Gasteiger partial charge on any atom is -0.289 e. The van der Waals surface area contributed by atoms with Gasteiger partial charge in [0.15, 0.2) is 5.78 Å². The Morgan fingerprint density at radius 1 is 1.18 bits per heavy atom. The van der Waals surface area contributed by atoms with Crippen molar-refractivity contribution in [2.75, 3.05) is 0 Å². The molecule has 0 aromatic carbocycles. The van der Waals surface area contributed by atoms with Gasteiger partial charge in [-0.15, -0.1) is 0 Å². The van der Waals surface area contributed by atoms with Crippen LogP contribution < -0.4 is 0 Å². The van der Waals surface area contributed by atoms with Gasteiger partial charge in [-0.25, -0.2) is 0 Å². The Kier molecular flexibility index (Phi) is 3.52. The molecule has 2 rings (SSSR count). The Morgan fingerprint density at radius 3 is 2.47 bits per heavy atom. The number of carbonyl (C=O) groups is 1. The predicted octanol–water partition coefficient (Wildman–Crippen LogP) is 3.41. The first-order chi connectivity index (χ1) is 8.16. The summed E-state index contributed by atoms with van der Waals surface area (Å²) in [6, 6.07) is 3.84. The van der Waals surface area contributed by atoms with Crippen LogP contribution in [0.2, 0.25) is 0 Å². The lowest BCUT2D eigenvalue weighted by molar-refractivity contribution is -0.111. The predicted molar refractivity (Wildman–Crippen MR) is 69.4 cm³/mol. The van der Waals surface area contributed by atoms with Crippen molar-refractivity contribution in [1.82, 2.24) is 4.98 Å². The standard InChI is InChI=1S/C15H17NO/c1-11(2)9-13-3-4-14(15(13)17)10-12-5-7-16-8-6-12/h5-11H,3-4H2,1-2H3. The van der Waals surface area contributed by atoms with Crippen molar-refractivity contribution >= 4 is 11.9 Å². The number of hydrogen-bond donors (Lipinski definition) is 0. The van der Waals surface area contributed by atoms with Crippen molar-refractivity contribution in [3.63, 3.8) is 0 Å². The van der Waals surface area contributed by atoms with Gasteiger partial charge in [-0.1, -0.05) is 19.9 Å². The smallest absolute Gasteiger partial charge is 0.184 e. The summed E-state index contributed by atoms with van der Waals surface area (Å²) >= 11 is 0. The third-order valence-electron chi connectivity index (χ3n) is 2.83. The topological polar surface area (TPSA) is 30.0 Å². The molecule has 1 aliphatic rings. The molecule has 88 valence electrons.